The Kier molecular flexibility index (Phi) is 5.59. The average molecular weight is 298 g/mol. The van der Waals surface area contributed by atoms with Crippen molar-refractivity contribution in [1.82, 2.24) is 15.1 Å². The number of halogens is 1. The summed E-state index contributed by atoms with van der Waals surface area (Å²) in [6, 6.07) is 3.69. The van der Waals surface area contributed by atoms with E-state index in [9.17, 15) is 4.79 Å². The molecule has 0 bridgehead atoms. The lowest BCUT2D eigenvalue weighted by Gasteiger charge is -2.32. The molecule has 1 atom stereocenters. The molecule has 5 nitrogen and oxygen atoms in total. The van der Waals surface area contributed by atoms with E-state index >= 15 is 0 Å². The molecule has 2 rings (SSSR count). The van der Waals surface area contributed by atoms with E-state index in [1.807, 2.05) is 24.0 Å². The number of nitrogens with zero attached hydrogens (tertiary/aromatic N) is 3. The lowest BCUT2D eigenvalue weighted by atomic mass is 10.1. The third kappa shape index (κ3) is 4.34. The zero-order valence-electron chi connectivity index (χ0n) is 11.7. The number of ether oxygens (including phenoxy) is 1. The molecule has 0 saturated carbocycles. The molecule has 1 fully saturated rings. The number of carbonyl (C=O) groups is 1. The Labute approximate surface area is 124 Å². The number of aromatic nitrogens is 2. The van der Waals surface area contributed by atoms with Gasteiger partial charge in [-0.15, -0.1) is 16.7 Å². The molecule has 1 aromatic rings. The number of likely N-dealkylation sites (tertiary alicyclic amines) is 1. The van der Waals surface area contributed by atoms with Crippen LogP contribution in [0.3, 0.4) is 0 Å². The standard InChI is InChI=1S/C14H20ClN3O2/c1-11-6-7-13(17-16-11)20-12-4-3-9-18(10-12)14(19)5-2-8-15/h6-7,12H,2-5,8-10H2,1H3. The summed E-state index contributed by atoms with van der Waals surface area (Å²) in [5.74, 6) is 1.21. The van der Waals surface area contributed by atoms with Crippen LogP contribution in [0.5, 0.6) is 5.88 Å². The second-order valence-electron chi connectivity index (χ2n) is 5.03. The molecule has 2 heterocycles. The summed E-state index contributed by atoms with van der Waals surface area (Å²) in [5.41, 5.74) is 0.860. The number of rotatable bonds is 5. The highest BCUT2D eigenvalue weighted by Crippen LogP contribution is 2.17. The van der Waals surface area contributed by atoms with Gasteiger partial charge in [-0.3, -0.25) is 4.79 Å². The van der Waals surface area contributed by atoms with Gasteiger partial charge in [-0.2, -0.15) is 5.10 Å². The molecule has 1 saturated heterocycles. The van der Waals surface area contributed by atoms with Crippen molar-refractivity contribution >= 4 is 17.5 Å². The van der Waals surface area contributed by atoms with Crippen molar-refractivity contribution in [3.05, 3.63) is 17.8 Å². The summed E-state index contributed by atoms with van der Waals surface area (Å²) in [5, 5.41) is 7.97. The van der Waals surface area contributed by atoms with Gasteiger partial charge in [-0.1, -0.05) is 0 Å². The third-order valence-corrected chi connectivity index (χ3v) is 3.58. The SMILES string of the molecule is Cc1ccc(OC2CCCN(C(=O)CCCCl)C2)nn1. The van der Waals surface area contributed by atoms with Crippen LogP contribution in [0, 0.1) is 6.92 Å². The van der Waals surface area contributed by atoms with Gasteiger partial charge >= 0.3 is 0 Å². The molecule has 6 heteroatoms. The van der Waals surface area contributed by atoms with Gasteiger partial charge in [-0.05, 0) is 32.3 Å². The maximum absolute atomic E-state index is 12.0. The van der Waals surface area contributed by atoms with Crippen molar-refractivity contribution in [2.45, 2.75) is 38.7 Å². The van der Waals surface area contributed by atoms with Crippen LogP contribution in [0.25, 0.3) is 0 Å². The molecule has 0 spiro atoms. The second kappa shape index (κ2) is 7.43. The van der Waals surface area contributed by atoms with Crippen LogP contribution in [0.15, 0.2) is 12.1 Å². The minimum Gasteiger partial charge on any atom is -0.471 e. The van der Waals surface area contributed by atoms with Crippen LogP contribution in [0.1, 0.15) is 31.4 Å². The molecule has 0 aliphatic carbocycles. The molecule has 1 unspecified atom stereocenters. The molecule has 0 N–H and O–H groups in total. The number of alkyl halides is 1. The number of piperidine rings is 1. The van der Waals surface area contributed by atoms with Crippen LogP contribution >= 0.6 is 11.6 Å². The smallest absolute Gasteiger partial charge is 0.233 e. The fraction of sp³-hybridized carbons (Fsp3) is 0.643. The van der Waals surface area contributed by atoms with E-state index in [2.05, 4.69) is 10.2 Å². The molecule has 1 aliphatic rings. The summed E-state index contributed by atoms with van der Waals surface area (Å²) < 4.78 is 5.80. The first kappa shape index (κ1) is 15.0. The normalized spacial score (nSPS) is 18.9. The highest BCUT2D eigenvalue weighted by molar-refractivity contribution is 6.17. The van der Waals surface area contributed by atoms with Crippen LogP contribution in [0.4, 0.5) is 0 Å². The number of hydrogen-bond donors (Lipinski definition) is 0. The Morgan fingerprint density at radius 1 is 1.50 bits per heavy atom. The zero-order chi connectivity index (χ0) is 14.4. The van der Waals surface area contributed by atoms with E-state index in [-0.39, 0.29) is 12.0 Å². The summed E-state index contributed by atoms with van der Waals surface area (Å²) in [6.07, 6.45) is 3.14. The van der Waals surface area contributed by atoms with Gasteiger partial charge in [0.15, 0.2) is 0 Å². The third-order valence-electron chi connectivity index (χ3n) is 3.32. The lowest BCUT2D eigenvalue weighted by molar-refractivity contribution is -0.133. The molecule has 110 valence electrons. The topological polar surface area (TPSA) is 55.3 Å². The molecule has 1 aliphatic heterocycles. The monoisotopic (exact) mass is 297 g/mol. The van der Waals surface area contributed by atoms with Gasteiger partial charge in [0.1, 0.15) is 6.10 Å². The van der Waals surface area contributed by atoms with Crippen molar-refractivity contribution < 1.29 is 9.53 Å². The highest BCUT2D eigenvalue weighted by Gasteiger charge is 2.24. The Morgan fingerprint density at radius 2 is 2.35 bits per heavy atom. The van der Waals surface area contributed by atoms with E-state index in [1.165, 1.54) is 0 Å². The maximum atomic E-state index is 12.0. The van der Waals surface area contributed by atoms with Crippen molar-refractivity contribution in [2.24, 2.45) is 0 Å². The summed E-state index contributed by atoms with van der Waals surface area (Å²) in [7, 11) is 0. The Balaban J connectivity index is 1.86. The fourth-order valence-electron chi connectivity index (χ4n) is 2.26. The molecule has 1 amide bonds. The molecule has 20 heavy (non-hydrogen) atoms. The van der Waals surface area contributed by atoms with E-state index < -0.39 is 0 Å². The average Bonchev–Trinajstić information content (AvgIpc) is 2.47. The number of amides is 1. The van der Waals surface area contributed by atoms with E-state index in [1.54, 1.807) is 0 Å². The predicted molar refractivity (Wildman–Crippen MR) is 77.0 cm³/mol. The Bertz CT molecular complexity index is 439. The highest BCUT2D eigenvalue weighted by atomic mass is 35.5. The van der Waals surface area contributed by atoms with Gasteiger partial charge in [0.05, 0.1) is 12.2 Å². The van der Waals surface area contributed by atoms with Crippen LogP contribution in [0.2, 0.25) is 0 Å². The number of hydrogen-bond acceptors (Lipinski definition) is 4. The van der Waals surface area contributed by atoms with Gasteiger partial charge in [0, 0.05) is 24.9 Å². The summed E-state index contributed by atoms with van der Waals surface area (Å²) in [4.78, 5) is 13.8. The predicted octanol–water partition coefficient (Wildman–Crippen LogP) is 2.17. The van der Waals surface area contributed by atoms with Crippen LogP contribution in [-0.2, 0) is 4.79 Å². The van der Waals surface area contributed by atoms with E-state index in [4.69, 9.17) is 16.3 Å². The van der Waals surface area contributed by atoms with Crippen molar-refractivity contribution in [3.63, 3.8) is 0 Å². The van der Waals surface area contributed by atoms with Gasteiger partial charge < -0.3 is 9.64 Å². The number of aryl methyl sites for hydroxylation is 1. The fourth-order valence-corrected chi connectivity index (χ4v) is 2.39. The quantitative estimate of drug-likeness (QED) is 0.782. The lowest BCUT2D eigenvalue weighted by Crippen LogP contribution is -2.44. The molecule has 0 aromatic carbocycles. The van der Waals surface area contributed by atoms with Crippen molar-refractivity contribution in [3.8, 4) is 5.88 Å². The first-order valence-electron chi connectivity index (χ1n) is 7.00. The number of carbonyl (C=O) groups excluding carboxylic acids is 1. The summed E-state index contributed by atoms with van der Waals surface area (Å²) >= 11 is 5.62. The van der Waals surface area contributed by atoms with Gasteiger partial charge in [-0.25, -0.2) is 0 Å². The van der Waals surface area contributed by atoms with Crippen molar-refractivity contribution in [2.75, 3.05) is 19.0 Å². The minimum absolute atomic E-state index is 0.000655. The molecular formula is C14H20ClN3O2. The molecular weight excluding hydrogens is 278 g/mol. The zero-order valence-corrected chi connectivity index (χ0v) is 12.5. The minimum atomic E-state index is 0.000655. The molecule has 1 aromatic heterocycles. The van der Waals surface area contributed by atoms with Crippen LogP contribution in [-0.4, -0.2) is 46.1 Å². The van der Waals surface area contributed by atoms with Gasteiger partial charge in [0.2, 0.25) is 11.8 Å². The van der Waals surface area contributed by atoms with Crippen molar-refractivity contribution in [1.29, 1.82) is 0 Å². The van der Waals surface area contributed by atoms with Crippen LogP contribution < -0.4 is 4.74 Å². The second-order valence-corrected chi connectivity index (χ2v) is 5.41. The Hall–Kier alpha value is -1.36. The Morgan fingerprint density at radius 3 is 3.05 bits per heavy atom. The largest absolute Gasteiger partial charge is 0.471 e. The van der Waals surface area contributed by atoms with Gasteiger partial charge in [0.25, 0.3) is 0 Å². The first-order valence-corrected chi connectivity index (χ1v) is 7.53. The van der Waals surface area contributed by atoms with E-state index in [0.717, 1.165) is 31.5 Å². The summed E-state index contributed by atoms with van der Waals surface area (Å²) in [6.45, 7) is 3.31. The first-order chi connectivity index (χ1) is 9.69. The van der Waals surface area contributed by atoms with E-state index in [0.29, 0.717) is 24.7 Å². The molecule has 0 radical (unpaired) electrons. The maximum Gasteiger partial charge on any atom is 0.233 e.